The number of rotatable bonds is 3. The number of aldehydes is 1. The van der Waals surface area contributed by atoms with Crippen LogP contribution in [0, 0.1) is 12.3 Å². The molecule has 2 unspecified atom stereocenters. The molecule has 0 aromatic carbocycles. The van der Waals surface area contributed by atoms with Crippen molar-refractivity contribution in [1.29, 1.82) is 0 Å². The summed E-state index contributed by atoms with van der Waals surface area (Å²) >= 11 is 0. The summed E-state index contributed by atoms with van der Waals surface area (Å²) in [6.45, 7) is 0.169. The van der Waals surface area contributed by atoms with Crippen LogP contribution in [0.5, 0.6) is 0 Å². The van der Waals surface area contributed by atoms with E-state index in [1.807, 2.05) is 0 Å². The van der Waals surface area contributed by atoms with E-state index in [1.165, 1.54) is 12.0 Å². The summed E-state index contributed by atoms with van der Waals surface area (Å²) in [6, 6.07) is -0.501. The Morgan fingerprint density at radius 3 is 2.92 bits per heavy atom. The number of carbonyl (C=O) groups is 2. The van der Waals surface area contributed by atoms with Gasteiger partial charge in [-0.3, -0.25) is 4.79 Å². The van der Waals surface area contributed by atoms with Gasteiger partial charge in [-0.25, -0.2) is 0 Å². The van der Waals surface area contributed by atoms with Gasteiger partial charge in [0.2, 0.25) is 0 Å². The summed E-state index contributed by atoms with van der Waals surface area (Å²) in [5.74, 6) is 2.08. The van der Waals surface area contributed by atoms with Crippen molar-refractivity contribution in [2.75, 3.05) is 13.7 Å². The van der Waals surface area contributed by atoms with Gasteiger partial charge in [0.25, 0.3) is 5.91 Å². The molecule has 2 atom stereocenters. The molecule has 0 N–H and O–H groups in total. The van der Waals surface area contributed by atoms with Gasteiger partial charge in [-0.1, -0.05) is 5.92 Å². The van der Waals surface area contributed by atoms with Crippen molar-refractivity contribution in [3.05, 3.63) is 0 Å². The lowest BCUT2D eigenvalue weighted by Gasteiger charge is -2.41. The minimum Gasteiger partial charge on any atom is -0.369 e. The summed E-state index contributed by atoms with van der Waals surface area (Å²) < 4.78 is 4.79. The number of terminal acetylenes is 1. The van der Waals surface area contributed by atoms with E-state index in [9.17, 15) is 9.59 Å². The van der Waals surface area contributed by atoms with Gasteiger partial charge in [-0.2, -0.15) is 0 Å². The zero-order valence-electron chi connectivity index (χ0n) is 6.69. The van der Waals surface area contributed by atoms with Crippen LogP contribution < -0.4 is 0 Å². The van der Waals surface area contributed by atoms with Crippen LogP contribution in [0.4, 0.5) is 0 Å². The maximum Gasteiger partial charge on any atom is 0.255 e. The Labute approximate surface area is 70.5 Å². The van der Waals surface area contributed by atoms with Crippen LogP contribution in [0.2, 0.25) is 0 Å². The first-order valence-electron chi connectivity index (χ1n) is 3.48. The molecule has 0 aromatic heterocycles. The molecule has 0 spiro atoms. The van der Waals surface area contributed by atoms with Gasteiger partial charge in [0.15, 0.2) is 6.10 Å². The van der Waals surface area contributed by atoms with Crippen LogP contribution in [-0.2, 0) is 14.3 Å². The lowest BCUT2D eigenvalue weighted by molar-refractivity contribution is -0.169. The fourth-order valence-electron chi connectivity index (χ4n) is 1.20. The average Bonchev–Trinajstić information content (AvgIpc) is 2.09. The SMILES string of the molecule is C#CCN1C(=O)C(OC)C1C=O. The number of β-lactam (4-membered cyclic amide) rings is 1. The Morgan fingerprint density at radius 2 is 2.50 bits per heavy atom. The lowest BCUT2D eigenvalue weighted by atomic mass is 10.00. The molecule has 64 valence electrons. The van der Waals surface area contributed by atoms with Gasteiger partial charge in [0, 0.05) is 7.11 Å². The zero-order chi connectivity index (χ0) is 9.14. The van der Waals surface area contributed by atoms with Crippen LogP contribution in [-0.4, -0.2) is 42.9 Å². The van der Waals surface area contributed by atoms with Crippen LogP contribution in [0.3, 0.4) is 0 Å². The molecule has 0 aromatic rings. The van der Waals surface area contributed by atoms with E-state index in [1.54, 1.807) is 0 Å². The van der Waals surface area contributed by atoms with Crippen LogP contribution >= 0.6 is 0 Å². The summed E-state index contributed by atoms with van der Waals surface area (Å²) in [7, 11) is 1.40. The zero-order valence-corrected chi connectivity index (χ0v) is 6.69. The van der Waals surface area contributed by atoms with Gasteiger partial charge < -0.3 is 14.4 Å². The van der Waals surface area contributed by atoms with Gasteiger partial charge >= 0.3 is 0 Å². The molecule has 0 bridgehead atoms. The molecule has 0 radical (unpaired) electrons. The largest absolute Gasteiger partial charge is 0.369 e. The van der Waals surface area contributed by atoms with Crippen molar-refractivity contribution in [3.8, 4) is 12.3 Å². The third-order valence-corrected chi connectivity index (χ3v) is 1.85. The van der Waals surface area contributed by atoms with Crippen LogP contribution in [0.25, 0.3) is 0 Å². The summed E-state index contributed by atoms with van der Waals surface area (Å²) in [5, 5.41) is 0. The predicted octanol–water partition coefficient (Wildman–Crippen LogP) is -0.956. The van der Waals surface area contributed by atoms with Gasteiger partial charge in [-0.05, 0) is 0 Å². The van der Waals surface area contributed by atoms with Crippen molar-refractivity contribution in [2.24, 2.45) is 0 Å². The average molecular weight is 167 g/mol. The van der Waals surface area contributed by atoms with Crippen molar-refractivity contribution >= 4 is 12.2 Å². The van der Waals surface area contributed by atoms with E-state index in [0.717, 1.165) is 0 Å². The van der Waals surface area contributed by atoms with E-state index in [0.29, 0.717) is 6.29 Å². The van der Waals surface area contributed by atoms with Crippen molar-refractivity contribution in [1.82, 2.24) is 4.90 Å². The van der Waals surface area contributed by atoms with E-state index in [2.05, 4.69) is 5.92 Å². The molecule has 1 aliphatic heterocycles. The highest BCUT2D eigenvalue weighted by molar-refractivity contribution is 5.95. The highest BCUT2D eigenvalue weighted by Gasteiger charge is 2.47. The topological polar surface area (TPSA) is 46.6 Å². The minimum absolute atomic E-state index is 0.169. The standard InChI is InChI=1S/C8H9NO3/c1-3-4-9-6(5-10)7(12-2)8(9)11/h1,5-7H,4H2,2H3. The number of carbonyl (C=O) groups excluding carboxylic acids is 2. The molecule has 1 heterocycles. The number of hydrogen-bond donors (Lipinski definition) is 0. The van der Waals surface area contributed by atoms with E-state index < -0.39 is 12.1 Å². The quantitative estimate of drug-likeness (QED) is 0.309. The Balaban J connectivity index is 2.63. The molecule has 0 aliphatic carbocycles. The molecular formula is C8H9NO3. The molecule has 0 saturated carbocycles. The van der Waals surface area contributed by atoms with E-state index >= 15 is 0 Å². The Hall–Kier alpha value is -1.34. The van der Waals surface area contributed by atoms with Crippen molar-refractivity contribution in [3.63, 3.8) is 0 Å². The number of likely N-dealkylation sites (tertiary alicyclic amines) is 1. The molecule has 1 aliphatic rings. The van der Waals surface area contributed by atoms with Gasteiger partial charge in [-0.15, -0.1) is 6.42 Å². The normalized spacial score (nSPS) is 27.7. The van der Waals surface area contributed by atoms with E-state index in [-0.39, 0.29) is 12.5 Å². The molecule has 1 saturated heterocycles. The van der Waals surface area contributed by atoms with Crippen LogP contribution in [0.1, 0.15) is 0 Å². The maximum absolute atomic E-state index is 11.1. The molecule has 12 heavy (non-hydrogen) atoms. The second kappa shape index (κ2) is 3.37. The summed E-state index contributed by atoms with van der Waals surface area (Å²) in [4.78, 5) is 22.8. The first-order chi connectivity index (χ1) is 5.76. The molecule has 1 rings (SSSR count). The third-order valence-electron chi connectivity index (χ3n) is 1.85. The Bertz CT molecular complexity index is 243. The third kappa shape index (κ3) is 1.08. The molecule has 1 fully saturated rings. The van der Waals surface area contributed by atoms with Crippen molar-refractivity contribution in [2.45, 2.75) is 12.1 Å². The fourth-order valence-corrected chi connectivity index (χ4v) is 1.20. The second-order valence-corrected chi connectivity index (χ2v) is 2.45. The number of methoxy groups -OCH3 is 1. The molecule has 1 amide bonds. The highest BCUT2D eigenvalue weighted by Crippen LogP contribution is 2.19. The van der Waals surface area contributed by atoms with E-state index in [4.69, 9.17) is 11.2 Å². The second-order valence-electron chi connectivity index (χ2n) is 2.45. The van der Waals surface area contributed by atoms with Crippen molar-refractivity contribution < 1.29 is 14.3 Å². The number of ether oxygens (including phenoxy) is 1. The lowest BCUT2D eigenvalue weighted by Crippen LogP contribution is -2.66. The Morgan fingerprint density at radius 1 is 1.83 bits per heavy atom. The highest BCUT2D eigenvalue weighted by atomic mass is 16.5. The Kier molecular flexibility index (Phi) is 2.46. The van der Waals surface area contributed by atoms with Crippen LogP contribution in [0.15, 0.2) is 0 Å². The predicted molar refractivity (Wildman–Crippen MR) is 41.2 cm³/mol. The van der Waals surface area contributed by atoms with Gasteiger partial charge in [0.1, 0.15) is 12.3 Å². The summed E-state index contributed by atoms with van der Waals surface area (Å²) in [6.07, 6.45) is 5.05. The minimum atomic E-state index is -0.629. The fraction of sp³-hybridized carbons (Fsp3) is 0.500. The number of amides is 1. The molecular weight excluding hydrogens is 158 g/mol. The number of hydrogen-bond acceptors (Lipinski definition) is 3. The van der Waals surface area contributed by atoms with Gasteiger partial charge in [0.05, 0.1) is 6.54 Å². The summed E-state index contributed by atoms with van der Waals surface area (Å²) in [5.41, 5.74) is 0. The monoisotopic (exact) mass is 167 g/mol. The smallest absolute Gasteiger partial charge is 0.255 e. The molecule has 4 nitrogen and oxygen atoms in total. The maximum atomic E-state index is 11.1. The molecule has 4 heteroatoms. The first-order valence-corrected chi connectivity index (χ1v) is 3.48. The number of nitrogens with zero attached hydrogens (tertiary/aromatic N) is 1. The first kappa shape index (κ1) is 8.75.